The van der Waals surface area contributed by atoms with Gasteiger partial charge in [-0.05, 0) is 43.5 Å². The zero-order valence-corrected chi connectivity index (χ0v) is 15.8. The molecule has 1 atom stereocenters. The zero-order valence-electron chi connectivity index (χ0n) is 15.8. The number of allylic oxidation sites excluding steroid dienone is 1. The molecule has 0 fully saturated rings. The van der Waals surface area contributed by atoms with Crippen molar-refractivity contribution in [2.24, 2.45) is 5.10 Å². The second-order valence-corrected chi connectivity index (χ2v) is 6.90. The van der Waals surface area contributed by atoms with Gasteiger partial charge in [0.15, 0.2) is 0 Å². The van der Waals surface area contributed by atoms with Crippen LogP contribution in [-0.2, 0) is 24.2 Å². The van der Waals surface area contributed by atoms with Gasteiger partial charge < -0.3 is 10.5 Å². The molecule has 26 heavy (non-hydrogen) atoms. The number of aromatic nitrogens is 1. The number of anilines is 1. The molecule has 2 heterocycles. The Hall–Kier alpha value is -2.50. The second-order valence-electron chi connectivity index (χ2n) is 6.90. The van der Waals surface area contributed by atoms with E-state index in [1.807, 2.05) is 25.3 Å². The largest absolute Gasteiger partial charge is 0.384 e. The molecule has 5 heteroatoms. The Bertz CT molecular complexity index is 807. The molecule has 0 spiro atoms. The van der Waals surface area contributed by atoms with Crippen LogP contribution >= 0.6 is 0 Å². The summed E-state index contributed by atoms with van der Waals surface area (Å²) in [4.78, 5) is 4.44. The van der Waals surface area contributed by atoms with Gasteiger partial charge in [-0.1, -0.05) is 23.3 Å². The minimum Gasteiger partial charge on any atom is -0.384 e. The standard InChI is InChI=1S/C21H27N4O/c1-16-12-21(22)24-17(2)20(16)15-25(10-5-9-23-25)14-19-7-4-6-18(13-19)8-11-26-3/h4-7,9-10,12-13H,8,11,14-15H2,1-3H3,(H2,22,24)/q+1. The number of rotatable bonds is 7. The van der Waals surface area contributed by atoms with Gasteiger partial charge in [0.2, 0.25) is 0 Å². The molecule has 0 bridgehead atoms. The predicted molar refractivity (Wildman–Crippen MR) is 105 cm³/mol. The number of hydrogen-bond donors (Lipinski definition) is 1. The Morgan fingerprint density at radius 2 is 1.92 bits per heavy atom. The smallest absolute Gasteiger partial charge is 0.136 e. The highest BCUT2D eigenvalue weighted by atomic mass is 16.5. The summed E-state index contributed by atoms with van der Waals surface area (Å²) >= 11 is 0. The lowest BCUT2D eigenvalue weighted by Gasteiger charge is -2.27. The van der Waals surface area contributed by atoms with Crippen molar-refractivity contribution in [3.05, 3.63) is 70.6 Å². The molecule has 0 radical (unpaired) electrons. The van der Waals surface area contributed by atoms with E-state index in [2.05, 4.69) is 42.4 Å². The van der Waals surface area contributed by atoms with Crippen LogP contribution in [0.25, 0.3) is 0 Å². The van der Waals surface area contributed by atoms with E-state index in [0.29, 0.717) is 10.4 Å². The third kappa shape index (κ3) is 4.18. The van der Waals surface area contributed by atoms with Gasteiger partial charge in [-0.15, -0.1) is 0 Å². The highest BCUT2D eigenvalue weighted by Gasteiger charge is 2.30. The summed E-state index contributed by atoms with van der Waals surface area (Å²) in [5.41, 5.74) is 11.8. The SMILES string of the molecule is COCCc1cccc(C[N+]2(Cc3c(C)cc(N)nc3C)C=CC=N2)c1. The number of pyridine rings is 1. The summed E-state index contributed by atoms with van der Waals surface area (Å²) in [7, 11) is 1.74. The van der Waals surface area contributed by atoms with E-state index < -0.39 is 0 Å². The van der Waals surface area contributed by atoms with E-state index in [4.69, 9.17) is 15.6 Å². The van der Waals surface area contributed by atoms with E-state index in [0.717, 1.165) is 37.4 Å². The molecule has 1 unspecified atom stereocenters. The minimum absolute atomic E-state index is 0.515. The van der Waals surface area contributed by atoms with Crippen LogP contribution in [0.4, 0.5) is 5.82 Å². The molecule has 0 saturated carbocycles. The first-order valence-corrected chi connectivity index (χ1v) is 8.91. The van der Waals surface area contributed by atoms with Crippen molar-refractivity contribution in [3.8, 4) is 0 Å². The lowest BCUT2D eigenvalue weighted by molar-refractivity contribution is -0.910. The fourth-order valence-corrected chi connectivity index (χ4v) is 3.47. The summed E-state index contributed by atoms with van der Waals surface area (Å²) < 4.78 is 5.71. The highest BCUT2D eigenvalue weighted by molar-refractivity contribution is 5.71. The van der Waals surface area contributed by atoms with Crippen molar-refractivity contribution in [2.75, 3.05) is 19.5 Å². The van der Waals surface area contributed by atoms with E-state index >= 15 is 0 Å². The molecular weight excluding hydrogens is 324 g/mol. The summed E-state index contributed by atoms with van der Waals surface area (Å²) in [5, 5.41) is 4.77. The van der Waals surface area contributed by atoms with Gasteiger partial charge in [-0.2, -0.15) is 4.59 Å². The van der Waals surface area contributed by atoms with Crippen molar-refractivity contribution >= 4 is 12.0 Å². The first-order valence-electron chi connectivity index (χ1n) is 8.91. The van der Waals surface area contributed by atoms with Crippen molar-refractivity contribution < 1.29 is 9.33 Å². The molecule has 0 amide bonds. The van der Waals surface area contributed by atoms with Gasteiger partial charge in [0, 0.05) is 30.0 Å². The van der Waals surface area contributed by atoms with Gasteiger partial charge in [-0.25, -0.2) is 4.98 Å². The molecular formula is C21H27N4O+. The molecule has 1 aromatic heterocycles. The van der Waals surface area contributed by atoms with Gasteiger partial charge in [0.05, 0.1) is 12.8 Å². The van der Waals surface area contributed by atoms with Crippen molar-refractivity contribution in [2.45, 2.75) is 33.4 Å². The van der Waals surface area contributed by atoms with Gasteiger partial charge in [-0.3, -0.25) is 0 Å². The highest BCUT2D eigenvalue weighted by Crippen LogP contribution is 2.27. The minimum atomic E-state index is 0.515. The Morgan fingerprint density at radius 1 is 1.12 bits per heavy atom. The Balaban J connectivity index is 1.86. The van der Waals surface area contributed by atoms with Crippen LogP contribution < -0.4 is 5.73 Å². The number of nitrogens with zero attached hydrogens (tertiary/aromatic N) is 3. The van der Waals surface area contributed by atoms with E-state index in [1.54, 1.807) is 7.11 Å². The maximum Gasteiger partial charge on any atom is 0.136 e. The third-order valence-corrected chi connectivity index (χ3v) is 4.79. The Labute approximate surface area is 155 Å². The topological polar surface area (TPSA) is 60.5 Å². The van der Waals surface area contributed by atoms with Crippen molar-refractivity contribution in [3.63, 3.8) is 0 Å². The van der Waals surface area contributed by atoms with Crippen LogP contribution in [0.3, 0.4) is 0 Å². The molecule has 1 aromatic carbocycles. The van der Waals surface area contributed by atoms with Gasteiger partial charge in [0.25, 0.3) is 0 Å². The first-order chi connectivity index (χ1) is 12.5. The van der Waals surface area contributed by atoms with Crippen molar-refractivity contribution in [1.29, 1.82) is 0 Å². The molecule has 1 aliphatic rings. The van der Waals surface area contributed by atoms with E-state index in [9.17, 15) is 0 Å². The number of nitrogens with two attached hydrogens (primary N) is 1. The number of quaternary nitrogens is 1. The lowest BCUT2D eigenvalue weighted by atomic mass is 10.1. The van der Waals surface area contributed by atoms with Crippen LogP contribution in [0, 0.1) is 13.8 Å². The average molecular weight is 351 g/mol. The lowest BCUT2D eigenvalue weighted by Crippen LogP contribution is -2.34. The number of hydrogen-bond acceptors (Lipinski definition) is 4. The summed E-state index contributed by atoms with van der Waals surface area (Å²) in [6, 6.07) is 10.6. The fraction of sp³-hybridized carbons (Fsp3) is 0.333. The number of aryl methyl sites for hydroxylation is 2. The first kappa shape index (κ1) is 18.3. The van der Waals surface area contributed by atoms with Crippen molar-refractivity contribution in [1.82, 2.24) is 4.98 Å². The molecule has 136 valence electrons. The number of nitrogen functional groups attached to an aromatic ring is 1. The summed E-state index contributed by atoms with van der Waals surface area (Å²) in [5.74, 6) is 0.571. The van der Waals surface area contributed by atoms with Crippen LogP contribution in [-0.4, -0.2) is 29.5 Å². The molecule has 1 aliphatic heterocycles. The molecule has 0 saturated heterocycles. The Morgan fingerprint density at radius 3 is 2.62 bits per heavy atom. The number of methoxy groups -OCH3 is 1. The molecule has 3 rings (SSSR count). The molecule has 2 N–H and O–H groups in total. The number of benzene rings is 1. The molecule has 5 nitrogen and oxygen atoms in total. The summed E-state index contributed by atoms with van der Waals surface area (Å²) in [6.45, 7) is 6.41. The monoisotopic (exact) mass is 351 g/mol. The Kier molecular flexibility index (Phi) is 5.49. The van der Waals surface area contributed by atoms with Crippen LogP contribution in [0.2, 0.25) is 0 Å². The van der Waals surface area contributed by atoms with Gasteiger partial charge >= 0.3 is 0 Å². The molecule has 0 aliphatic carbocycles. The quantitative estimate of drug-likeness (QED) is 0.777. The second kappa shape index (κ2) is 7.81. The fourth-order valence-electron chi connectivity index (χ4n) is 3.47. The molecule has 2 aromatic rings. The third-order valence-electron chi connectivity index (χ3n) is 4.79. The van der Waals surface area contributed by atoms with Gasteiger partial charge in [0.1, 0.15) is 25.1 Å². The maximum absolute atomic E-state index is 5.88. The van der Waals surface area contributed by atoms with Crippen LogP contribution in [0.1, 0.15) is 27.9 Å². The van der Waals surface area contributed by atoms with E-state index in [1.165, 1.54) is 16.7 Å². The average Bonchev–Trinajstić information content (AvgIpc) is 3.05. The normalized spacial score (nSPS) is 18.6. The predicted octanol–water partition coefficient (Wildman–Crippen LogP) is 3.50. The maximum atomic E-state index is 5.88. The number of ether oxygens (including phenoxy) is 1. The zero-order chi connectivity index (χ0) is 18.6. The summed E-state index contributed by atoms with van der Waals surface area (Å²) in [6.07, 6.45) is 6.97. The van der Waals surface area contributed by atoms with Crippen LogP contribution in [0.5, 0.6) is 0 Å². The van der Waals surface area contributed by atoms with Crippen LogP contribution in [0.15, 0.2) is 47.7 Å². The van der Waals surface area contributed by atoms with E-state index in [-0.39, 0.29) is 0 Å².